The first-order valence-corrected chi connectivity index (χ1v) is 10.7. The molecular formula is C24H28N2O2S. The molecule has 0 radical (unpaired) electrons. The number of benzene rings is 2. The number of rotatable bonds is 7. The minimum Gasteiger partial charge on any atom is -0.486 e. The van der Waals surface area contributed by atoms with Crippen LogP contribution in [0.1, 0.15) is 51.6 Å². The topological polar surface area (TPSA) is 42.4 Å². The third-order valence-electron chi connectivity index (χ3n) is 4.92. The van der Waals surface area contributed by atoms with E-state index in [9.17, 15) is 4.79 Å². The molecule has 152 valence electrons. The molecule has 3 aromatic rings. The third-order valence-corrected chi connectivity index (χ3v) is 5.79. The maximum absolute atomic E-state index is 13.0. The van der Waals surface area contributed by atoms with Gasteiger partial charge >= 0.3 is 0 Å². The monoisotopic (exact) mass is 408 g/mol. The Morgan fingerprint density at radius 1 is 1.10 bits per heavy atom. The van der Waals surface area contributed by atoms with Gasteiger partial charge in [-0.1, -0.05) is 23.8 Å². The highest BCUT2D eigenvalue weighted by atomic mass is 32.1. The SMILES string of the molecule is Cc1cccc(C(=O)N(Cc2csc(COc3ccc(C)c(C)c3)n2)C(C)C)c1. The molecule has 0 unspecified atom stereocenters. The maximum Gasteiger partial charge on any atom is 0.254 e. The molecule has 0 atom stereocenters. The zero-order valence-electron chi connectivity index (χ0n) is 17.7. The fraction of sp³-hybridized carbons (Fsp3) is 0.333. The van der Waals surface area contributed by atoms with Crippen molar-refractivity contribution in [1.29, 1.82) is 0 Å². The summed E-state index contributed by atoms with van der Waals surface area (Å²) in [5.74, 6) is 0.882. The number of carbonyl (C=O) groups is 1. The summed E-state index contributed by atoms with van der Waals surface area (Å²) < 4.78 is 5.89. The number of ether oxygens (including phenoxy) is 1. The average molecular weight is 409 g/mol. The van der Waals surface area contributed by atoms with Crippen molar-refractivity contribution < 1.29 is 9.53 Å². The Balaban J connectivity index is 1.66. The van der Waals surface area contributed by atoms with E-state index in [2.05, 4.69) is 24.9 Å². The average Bonchev–Trinajstić information content (AvgIpc) is 3.14. The summed E-state index contributed by atoms with van der Waals surface area (Å²) in [5, 5.41) is 2.92. The van der Waals surface area contributed by atoms with Gasteiger partial charge in [-0.15, -0.1) is 11.3 Å². The van der Waals surface area contributed by atoms with Crippen molar-refractivity contribution >= 4 is 17.2 Å². The van der Waals surface area contributed by atoms with E-state index in [-0.39, 0.29) is 11.9 Å². The van der Waals surface area contributed by atoms with Crippen LogP contribution in [0.25, 0.3) is 0 Å². The number of carbonyl (C=O) groups excluding carboxylic acids is 1. The van der Waals surface area contributed by atoms with Crippen molar-refractivity contribution in [3.8, 4) is 5.75 Å². The summed E-state index contributed by atoms with van der Waals surface area (Å²) in [6.07, 6.45) is 0. The van der Waals surface area contributed by atoms with Gasteiger partial charge in [0.2, 0.25) is 0 Å². The van der Waals surface area contributed by atoms with E-state index in [1.807, 2.05) is 67.4 Å². The molecule has 0 bridgehead atoms. The lowest BCUT2D eigenvalue weighted by Crippen LogP contribution is -2.36. The summed E-state index contributed by atoms with van der Waals surface area (Å²) in [5.41, 5.74) is 5.15. The molecule has 4 nitrogen and oxygen atoms in total. The third kappa shape index (κ3) is 5.45. The normalized spacial score (nSPS) is 11.0. The molecule has 0 aliphatic rings. The molecule has 0 spiro atoms. The van der Waals surface area contributed by atoms with Crippen molar-refractivity contribution in [1.82, 2.24) is 9.88 Å². The lowest BCUT2D eigenvalue weighted by molar-refractivity contribution is 0.0688. The van der Waals surface area contributed by atoms with E-state index < -0.39 is 0 Å². The Kier molecular flexibility index (Phi) is 6.70. The first kappa shape index (κ1) is 21.1. The number of aryl methyl sites for hydroxylation is 3. The van der Waals surface area contributed by atoms with Crippen LogP contribution in [-0.2, 0) is 13.2 Å². The molecule has 3 rings (SSSR count). The van der Waals surface area contributed by atoms with Crippen molar-refractivity contribution in [2.75, 3.05) is 0 Å². The lowest BCUT2D eigenvalue weighted by atomic mass is 10.1. The molecule has 5 heteroatoms. The number of nitrogens with zero attached hydrogens (tertiary/aromatic N) is 2. The van der Waals surface area contributed by atoms with Crippen LogP contribution in [0.3, 0.4) is 0 Å². The smallest absolute Gasteiger partial charge is 0.254 e. The first-order valence-electron chi connectivity index (χ1n) is 9.84. The van der Waals surface area contributed by atoms with Gasteiger partial charge in [-0.2, -0.15) is 0 Å². The molecule has 0 N–H and O–H groups in total. The first-order chi connectivity index (χ1) is 13.8. The highest BCUT2D eigenvalue weighted by molar-refractivity contribution is 7.09. The van der Waals surface area contributed by atoms with E-state index in [1.165, 1.54) is 11.1 Å². The lowest BCUT2D eigenvalue weighted by Gasteiger charge is -2.26. The number of aromatic nitrogens is 1. The van der Waals surface area contributed by atoms with Crippen molar-refractivity contribution in [2.24, 2.45) is 0 Å². The van der Waals surface area contributed by atoms with Crippen molar-refractivity contribution in [3.05, 3.63) is 80.8 Å². The zero-order valence-corrected chi connectivity index (χ0v) is 18.5. The Hall–Kier alpha value is -2.66. The second kappa shape index (κ2) is 9.23. The van der Waals surface area contributed by atoms with Crippen LogP contribution in [0.2, 0.25) is 0 Å². The number of thiazole rings is 1. The molecule has 2 aromatic carbocycles. The predicted octanol–water partition coefficient (Wildman–Crippen LogP) is 5.70. The fourth-order valence-corrected chi connectivity index (χ4v) is 3.74. The van der Waals surface area contributed by atoms with E-state index >= 15 is 0 Å². The van der Waals surface area contributed by atoms with Crippen LogP contribution in [0, 0.1) is 20.8 Å². The number of hydrogen-bond acceptors (Lipinski definition) is 4. The van der Waals surface area contributed by atoms with E-state index in [0.29, 0.717) is 18.7 Å². The van der Waals surface area contributed by atoms with Crippen LogP contribution in [0.5, 0.6) is 5.75 Å². The van der Waals surface area contributed by atoms with Crippen molar-refractivity contribution in [2.45, 2.75) is 53.8 Å². The fourth-order valence-electron chi connectivity index (χ4n) is 3.04. The van der Waals surface area contributed by atoms with Gasteiger partial charge in [0, 0.05) is 17.0 Å². The van der Waals surface area contributed by atoms with Gasteiger partial charge in [0.05, 0.1) is 12.2 Å². The van der Waals surface area contributed by atoms with Gasteiger partial charge in [-0.25, -0.2) is 4.98 Å². The highest BCUT2D eigenvalue weighted by Crippen LogP contribution is 2.20. The van der Waals surface area contributed by atoms with Crippen LogP contribution < -0.4 is 4.74 Å². The zero-order chi connectivity index (χ0) is 21.0. The molecule has 0 fully saturated rings. The molecule has 0 aliphatic heterocycles. The van der Waals surface area contributed by atoms with Gasteiger partial charge in [0.15, 0.2) is 0 Å². The van der Waals surface area contributed by atoms with E-state index in [0.717, 1.165) is 22.0 Å². The number of amides is 1. The standard InChI is InChI=1S/C24H28N2O2S/c1-16(2)26(24(27)20-8-6-7-17(3)11-20)13-21-15-29-23(25-21)14-28-22-10-9-18(4)19(5)12-22/h6-12,15-16H,13-14H2,1-5H3. The van der Waals surface area contributed by atoms with Gasteiger partial charge in [0.1, 0.15) is 17.4 Å². The van der Waals surface area contributed by atoms with Crippen LogP contribution >= 0.6 is 11.3 Å². The summed E-state index contributed by atoms with van der Waals surface area (Å²) in [4.78, 5) is 19.5. The van der Waals surface area contributed by atoms with E-state index in [1.54, 1.807) is 11.3 Å². The molecule has 0 saturated carbocycles. The predicted molar refractivity (Wildman–Crippen MR) is 119 cm³/mol. The molecule has 0 aliphatic carbocycles. The molecule has 0 saturated heterocycles. The Morgan fingerprint density at radius 3 is 2.59 bits per heavy atom. The Morgan fingerprint density at radius 2 is 1.90 bits per heavy atom. The highest BCUT2D eigenvalue weighted by Gasteiger charge is 2.20. The van der Waals surface area contributed by atoms with Crippen LogP contribution in [0.15, 0.2) is 47.8 Å². The Labute approximate surface area is 177 Å². The van der Waals surface area contributed by atoms with Crippen LogP contribution in [0.4, 0.5) is 0 Å². The van der Waals surface area contributed by atoms with Gasteiger partial charge in [-0.3, -0.25) is 4.79 Å². The molecule has 1 amide bonds. The number of hydrogen-bond donors (Lipinski definition) is 0. The summed E-state index contributed by atoms with van der Waals surface area (Å²) >= 11 is 1.57. The quantitative estimate of drug-likeness (QED) is 0.504. The van der Waals surface area contributed by atoms with Gasteiger partial charge < -0.3 is 9.64 Å². The molecular weight excluding hydrogens is 380 g/mol. The summed E-state index contributed by atoms with van der Waals surface area (Å²) in [6, 6.07) is 13.9. The van der Waals surface area contributed by atoms with E-state index in [4.69, 9.17) is 4.74 Å². The molecule has 1 heterocycles. The largest absolute Gasteiger partial charge is 0.486 e. The second-order valence-electron chi connectivity index (χ2n) is 7.66. The van der Waals surface area contributed by atoms with Crippen molar-refractivity contribution in [3.63, 3.8) is 0 Å². The van der Waals surface area contributed by atoms with Gasteiger partial charge in [0.25, 0.3) is 5.91 Å². The second-order valence-corrected chi connectivity index (χ2v) is 8.61. The van der Waals surface area contributed by atoms with Crippen LogP contribution in [-0.4, -0.2) is 21.8 Å². The minimum absolute atomic E-state index is 0.0321. The Bertz CT molecular complexity index is 994. The summed E-state index contributed by atoms with van der Waals surface area (Å²) in [7, 11) is 0. The molecule has 29 heavy (non-hydrogen) atoms. The minimum atomic E-state index is 0.0321. The summed E-state index contributed by atoms with van der Waals surface area (Å²) in [6.45, 7) is 11.2. The molecule has 1 aromatic heterocycles. The van der Waals surface area contributed by atoms with Gasteiger partial charge in [-0.05, 0) is 70.0 Å². The maximum atomic E-state index is 13.0.